The van der Waals surface area contributed by atoms with Crippen LogP contribution in [0, 0.1) is 6.92 Å². The molecule has 1 aromatic rings. The second-order valence-electron chi connectivity index (χ2n) is 7.03. The fraction of sp³-hybridized carbons (Fsp3) is 0.611. The summed E-state index contributed by atoms with van der Waals surface area (Å²) in [6.07, 6.45) is -0.256. The van der Waals surface area contributed by atoms with Gasteiger partial charge in [0.05, 0.1) is 0 Å². The van der Waals surface area contributed by atoms with Crippen LogP contribution in [0.25, 0.3) is 0 Å². The van der Waals surface area contributed by atoms with Crippen molar-refractivity contribution in [1.82, 2.24) is 10.2 Å². The summed E-state index contributed by atoms with van der Waals surface area (Å²) in [5, 5.41) is 3.39. The van der Waals surface area contributed by atoms with Crippen LogP contribution in [0.5, 0.6) is 0 Å². The van der Waals surface area contributed by atoms with E-state index < -0.39 is 5.60 Å². The fourth-order valence-electron chi connectivity index (χ4n) is 2.13. The van der Waals surface area contributed by atoms with Crippen LogP contribution in [-0.4, -0.2) is 35.7 Å². The van der Waals surface area contributed by atoms with Gasteiger partial charge in [-0.1, -0.05) is 28.1 Å². The van der Waals surface area contributed by atoms with Crippen LogP contribution < -0.4 is 5.32 Å². The van der Waals surface area contributed by atoms with Crippen molar-refractivity contribution in [3.63, 3.8) is 0 Å². The van der Waals surface area contributed by atoms with Crippen LogP contribution in [0.4, 0.5) is 4.79 Å². The van der Waals surface area contributed by atoms with E-state index in [0.29, 0.717) is 6.54 Å². The molecule has 0 atom stereocenters. The van der Waals surface area contributed by atoms with Gasteiger partial charge in [0.1, 0.15) is 5.60 Å². The summed E-state index contributed by atoms with van der Waals surface area (Å²) < 4.78 is 6.58. The molecule has 0 aliphatic carbocycles. The standard InChI is InChI=1S/C18H29BrN2O2/c1-13(2)21(17(22)23-18(4,5)6)10-9-20-12-15-7-8-16(19)14(3)11-15/h7-8,11,13,20H,9-10,12H2,1-6H3. The predicted molar refractivity (Wildman–Crippen MR) is 98.7 cm³/mol. The largest absolute Gasteiger partial charge is 0.444 e. The Labute approximate surface area is 148 Å². The number of benzene rings is 1. The molecule has 0 heterocycles. The molecule has 0 saturated carbocycles. The normalized spacial score (nSPS) is 11.7. The maximum absolute atomic E-state index is 12.2. The first-order valence-electron chi connectivity index (χ1n) is 8.05. The van der Waals surface area contributed by atoms with Crippen molar-refractivity contribution in [1.29, 1.82) is 0 Å². The number of aryl methyl sites for hydroxylation is 1. The van der Waals surface area contributed by atoms with E-state index in [-0.39, 0.29) is 12.1 Å². The predicted octanol–water partition coefficient (Wildman–Crippen LogP) is 4.49. The third-order valence-electron chi connectivity index (χ3n) is 3.33. The van der Waals surface area contributed by atoms with Crippen LogP contribution in [0.15, 0.2) is 22.7 Å². The molecule has 0 aliphatic heterocycles. The summed E-state index contributed by atoms with van der Waals surface area (Å²) in [5.41, 5.74) is 1.99. The van der Waals surface area contributed by atoms with Gasteiger partial charge in [0, 0.05) is 30.1 Å². The molecule has 1 N–H and O–H groups in total. The van der Waals surface area contributed by atoms with Crippen molar-refractivity contribution in [3.8, 4) is 0 Å². The molecule has 4 nitrogen and oxygen atoms in total. The zero-order valence-electron chi connectivity index (χ0n) is 15.1. The second-order valence-corrected chi connectivity index (χ2v) is 7.88. The van der Waals surface area contributed by atoms with Gasteiger partial charge in [-0.05, 0) is 58.7 Å². The summed E-state index contributed by atoms with van der Waals surface area (Å²) >= 11 is 3.51. The Hall–Kier alpha value is -1.07. The van der Waals surface area contributed by atoms with Gasteiger partial charge in [-0.15, -0.1) is 0 Å². The molecular formula is C18H29BrN2O2. The van der Waals surface area contributed by atoms with Gasteiger partial charge in [-0.2, -0.15) is 0 Å². The Bertz CT molecular complexity index is 524. The van der Waals surface area contributed by atoms with Gasteiger partial charge in [0.15, 0.2) is 0 Å². The molecular weight excluding hydrogens is 356 g/mol. The molecule has 5 heteroatoms. The fourth-order valence-corrected chi connectivity index (χ4v) is 2.38. The number of nitrogens with one attached hydrogen (secondary N) is 1. The Balaban J connectivity index is 2.47. The Kier molecular flexibility index (Phi) is 7.55. The van der Waals surface area contributed by atoms with Gasteiger partial charge in [0.25, 0.3) is 0 Å². The van der Waals surface area contributed by atoms with E-state index in [1.165, 1.54) is 11.1 Å². The molecule has 1 rings (SSSR count). The second kappa shape index (κ2) is 8.69. The number of carbonyl (C=O) groups excluding carboxylic acids is 1. The third kappa shape index (κ3) is 7.36. The molecule has 0 saturated heterocycles. The zero-order valence-corrected chi connectivity index (χ0v) is 16.7. The van der Waals surface area contributed by atoms with E-state index in [4.69, 9.17) is 4.74 Å². The molecule has 0 unspecified atom stereocenters. The van der Waals surface area contributed by atoms with Crippen LogP contribution in [-0.2, 0) is 11.3 Å². The number of amides is 1. The van der Waals surface area contributed by atoms with Gasteiger partial charge in [-0.3, -0.25) is 0 Å². The van der Waals surface area contributed by atoms with Crippen molar-refractivity contribution in [2.75, 3.05) is 13.1 Å². The van der Waals surface area contributed by atoms with Crippen LogP contribution in [0.3, 0.4) is 0 Å². The average Bonchev–Trinajstić information content (AvgIpc) is 2.40. The average molecular weight is 385 g/mol. The van der Waals surface area contributed by atoms with E-state index in [9.17, 15) is 4.79 Å². The summed E-state index contributed by atoms with van der Waals surface area (Å²) in [6, 6.07) is 6.43. The molecule has 130 valence electrons. The van der Waals surface area contributed by atoms with Crippen molar-refractivity contribution < 1.29 is 9.53 Å². The maximum Gasteiger partial charge on any atom is 0.410 e. The number of carbonyl (C=O) groups is 1. The lowest BCUT2D eigenvalue weighted by Crippen LogP contribution is -2.44. The molecule has 0 bridgehead atoms. The minimum absolute atomic E-state index is 0.113. The van der Waals surface area contributed by atoms with Crippen molar-refractivity contribution >= 4 is 22.0 Å². The van der Waals surface area contributed by atoms with E-state index >= 15 is 0 Å². The molecule has 0 fully saturated rings. The summed E-state index contributed by atoms with van der Waals surface area (Å²) in [7, 11) is 0. The third-order valence-corrected chi connectivity index (χ3v) is 4.22. The van der Waals surface area contributed by atoms with Crippen LogP contribution in [0.1, 0.15) is 45.7 Å². The molecule has 1 aromatic carbocycles. The van der Waals surface area contributed by atoms with E-state index in [1.807, 2.05) is 34.6 Å². The molecule has 0 spiro atoms. The topological polar surface area (TPSA) is 41.6 Å². The summed E-state index contributed by atoms with van der Waals surface area (Å²) in [4.78, 5) is 14.0. The number of hydrogen-bond donors (Lipinski definition) is 1. The van der Waals surface area contributed by atoms with Crippen LogP contribution in [0.2, 0.25) is 0 Å². The lowest BCUT2D eigenvalue weighted by molar-refractivity contribution is 0.0193. The smallest absolute Gasteiger partial charge is 0.410 e. The van der Waals surface area contributed by atoms with Gasteiger partial charge in [0.2, 0.25) is 0 Å². The maximum atomic E-state index is 12.2. The van der Waals surface area contributed by atoms with Gasteiger partial charge < -0.3 is 15.0 Å². The Morgan fingerprint density at radius 1 is 1.35 bits per heavy atom. The highest BCUT2D eigenvalue weighted by Gasteiger charge is 2.23. The molecule has 0 radical (unpaired) electrons. The highest BCUT2D eigenvalue weighted by atomic mass is 79.9. The quantitative estimate of drug-likeness (QED) is 0.734. The van der Waals surface area contributed by atoms with Gasteiger partial charge in [-0.25, -0.2) is 4.79 Å². The number of halogens is 1. The van der Waals surface area contributed by atoms with E-state index in [2.05, 4.69) is 46.4 Å². The van der Waals surface area contributed by atoms with Crippen molar-refractivity contribution in [2.24, 2.45) is 0 Å². The molecule has 0 aliphatic rings. The highest BCUT2D eigenvalue weighted by Crippen LogP contribution is 2.17. The van der Waals surface area contributed by atoms with Crippen molar-refractivity contribution in [3.05, 3.63) is 33.8 Å². The number of hydrogen-bond acceptors (Lipinski definition) is 3. The number of nitrogens with zero attached hydrogens (tertiary/aromatic N) is 1. The number of ether oxygens (including phenoxy) is 1. The van der Waals surface area contributed by atoms with Crippen LogP contribution >= 0.6 is 15.9 Å². The first kappa shape index (κ1) is 20.0. The lowest BCUT2D eigenvalue weighted by atomic mass is 10.1. The summed E-state index contributed by atoms with van der Waals surface area (Å²) in [6.45, 7) is 13.9. The van der Waals surface area contributed by atoms with E-state index in [0.717, 1.165) is 17.6 Å². The van der Waals surface area contributed by atoms with E-state index in [1.54, 1.807) is 4.90 Å². The lowest BCUT2D eigenvalue weighted by Gasteiger charge is -2.30. The Morgan fingerprint density at radius 2 is 2.00 bits per heavy atom. The zero-order chi connectivity index (χ0) is 17.6. The molecule has 0 aromatic heterocycles. The molecule has 23 heavy (non-hydrogen) atoms. The SMILES string of the molecule is Cc1cc(CNCCN(C(=O)OC(C)(C)C)C(C)C)ccc1Br. The number of rotatable bonds is 6. The monoisotopic (exact) mass is 384 g/mol. The first-order valence-corrected chi connectivity index (χ1v) is 8.85. The molecule has 1 amide bonds. The van der Waals surface area contributed by atoms with Crippen molar-refractivity contribution in [2.45, 2.75) is 59.7 Å². The minimum atomic E-state index is -0.466. The highest BCUT2D eigenvalue weighted by molar-refractivity contribution is 9.10. The summed E-state index contributed by atoms with van der Waals surface area (Å²) in [5.74, 6) is 0. The van der Waals surface area contributed by atoms with Gasteiger partial charge >= 0.3 is 6.09 Å². The first-order chi connectivity index (χ1) is 10.6. The minimum Gasteiger partial charge on any atom is -0.444 e. The Morgan fingerprint density at radius 3 is 2.52 bits per heavy atom.